The zero-order chi connectivity index (χ0) is 17.4. The second-order valence-electron chi connectivity index (χ2n) is 6.81. The molecule has 2 N–H and O–H groups in total. The van der Waals surface area contributed by atoms with E-state index in [4.69, 9.17) is 4.74 Å². The number of aromatic nitrogens is 3. The predicted octanol–water partition coefficient (Wildman–Crippen LogP) is 1.91. The van der Waals surface area contributed by atoms with E-state index in [2.05, 4.69) is 29.1 Å². The van der Waals surface area contributed by atoms with Crippen molar-refractivity contribution in [3.63, 3.8) is 0 Å². The molecule has 6 nitrogen and oxygen atoms in total. The Bertz CT molecular complexity index is 875. The van der Waals surface area contributed by atoms with Gasteiger partial charge in [-0.3, -0.25) is 0 Å². The van der Waals surface area contributed by atoms with Crippen LogP contribution >= 0.6 is 11.3 Å². The van der Waals surface area contributed by atoms with Crippen LogP contribution in [-0.2, 0) is 0 Å². The number of fused-ring (bicyclic) bond motifs is 1. The maximum Gasteiger partial charge on any atom is 0.235 e. The zero-order valence-electron chi connectivity index (χ0n) is 14.5. The molecule has 1 aliphatic rings. The van der Waals surface area contributed by atoms with Gasteiger partial charge >= 0.3 is 0 Å². The van der Waals surface area contributed by atoms with Crippen LogP contribution in [0.4, 0.5) is 0 Å². The van der Waals surface area contributed by atoms with Gasteiger partial charge in [0.05, 0.1) is 20.2 Å². The number of likely N-dealkylation sites (tertiary alicyclic amines) is 1. The molecule has 1 fully saturated rings. The van der Waals surface area contributed by atoms with Gasteiger partial charge in [0.25, 0.3) is 0 Å². The Hall–Kier alpha value is -2.12. The molecule has 3 heterocycles. The molecular formula is C18H23N4O2S+. The van der Waals surface area contributed by atoms with Crippen molar-refractivity contribution in [2.75, 3.05) is 20.2 Å². The van der Waals surface area contributed by atoms with E-state index >= 15 is 0 Å². The SMILES string of the molecule is COc1cccc([C@@H](c2sc3ncnn3c2O)[NH+]2CCC[C@@H](C)C2)c1. The molecule has 1 aromatic carbocycles. The topological polar surface area (TPSA) is 64.1 Å². The van der Waals surface area contributed by atoms with Crippen LogP contribution in [0.5, 0.6) is 11.6 Å². The summed E-state index contributed by atoms with van der Waals surface area (Å²) in [5.74, 6) is 1.73. The summed E-state index contributed by atoms with van der Waals surface area (Å²) in [5.41, 5.74) is 1.16. The van der Waals surface area contributed by atoms with Gasteiger partial charge in [0.15, 0.2) is 6.04 Å². The molecule has 0 saturated carbocycles. The number of methoxy groups -OCH3 is 1. The number of piperidine rings is 1. The average molecular weight is 359 g/mol. The molecule has 132 valence electrons. The van der Waals surface area contributed by atoms with E-state index in [9.17, 15) is 5.11 Å². The van der Waals surface area contributed by atoms with Crippen molar-refractivity contribution < 1.29 is 14.7 Å². The highest BCUT2D eigenvalue weighted by molar-refractivity contribution is 7.17. The third-order valence-electron chi connectivity index (χ3n) is 5.04. The Kier molecular flexibility index (Phi) is 4.35. The largest absolute Gasteiger partial charge is 0.497 e. The molecule has 0 spiro atoms. The zero-order valence-corrected chi connectivity index (χ0v) is 15.3. The average Bonchev–Trinajstić information content (AvgIpc) is 3.19. The molecule has 25 heavy (non-hydrogen) atoms. The summed E-state index contributed by atoms with van der Waals surface area (Å²) in [6.45, 7) is 4.50. The molecule has 4 rings (SSSR count). The maximum atomic E-state index is 10.8. The first-order valence-corrected chi connectivity index (χ1v) is 9.49. The van der Waals surface area contributed by atoms with Crippen molar-refractivity contribution in [1.29, 1.82) is 0 Å². The summed E-state index contributed by atoms with van der Waals surface area (Å²) < 4.78 is 6.95. The van der Waals surface area contributed by atoms with Crippen LogP contribution in [0, 0.1) is 5.92 Å². The Morgan fingerprint density at radius 3 is 3.08 bits per heavy atom. The minimum absolute atomic E-state index is 0.0614. The van der Waals surface area contributed by atoms with Crippen LogP contribution in [0.2, 0.25) is 0 Å². The van der Waals surface area contributed by atoms with Crippen LogP contribution in [0.1, 0.15) is 36.2 Å². The quantitative estimate of drug-likeness (QED) is 0.747. The lowest BCUT2D eigenvalue weighted by molar-refractivity contribution is -0.933. The maximum absolute atomic E-state index is 10.8. The fraction of sp³-hybridized carbons (Fsp3) is 0.444. The summed E-state index contributed by atoms with van der Waals surface area (Å²) >= 11 is 1.52. The van der Waals surface area contributed by atoms with Gasteiger partial charge in [0.1, 0.15) is 17.0 Å². The van der Waals surface area contributed by atoms with E-state index in [1.54, 1.807) is 7.11 Å². The van der Waals surface area contributed by atoms with Crippen LogP contribution in [-0.4, -0.2) is 39.9 Å². The number of benzene rings is 1. The summed E-state index contributed by atoms with van der Waals surface area (Å²) in [4.78, 5) is 7.38. The van der Waals surface area contributed by atoms with E-state index in [1.165, 1.54) is 39.9 Å². The minimum Gasteiger partial charge on any atom is -0.497 e. The third kappa shape index (κ3) is 2.98. The summed E-state index contributed by atoms with van der Waals surface area (Å²) in [6.07, 6.45) is 3.96. The molecule has 2 aromatic heterocycles. The van der Waals surface area contributed by atoms with E-state index in [0.29, 0.717) is 5.92 Å². The number of thiazole rings is 1. The number of rotatable bonds is 4. The Labute approximate surface area is 150 Å². The molecule has 0 radical (unpaired) electrons. The fourth-order valence-corrected chi connectivity index (χ4v) is 4.98. The smallest absolute Gasteiger partial charge is 0.235 e. The van der Waals surface area contributed by atoms with E-state index in [1.807, 2.05) is 12.1 Å². The van der Waals surface area contributed by atoms with Crippen molar-refractivity contribution in [1.82, 2.24) is 14.6 Å². The number of nitrogens with zero attached hydrogens (tertiary/aromatic N) is 3. The molecular weight excluding hydrogens is 336 g/mol. The highest BCUT2D eigenvalue weighted by Crippen LogP contribution is 2.35. The van der Waals surface area contributed by atoms with E-state index < -0.39 is 0 Å². The highest BCUT2D eigenvalue weighted by atomic mass is 32.1. The van der Waals surface area contributed by atoms with Gasteiger partial charge in [0, 0.05) is 11.5 Å². The number of hydrogen-bond acceptors (Lipinski definition) is 5. The lowest BCUT2D eigenvalue weighted by Gasteiger charge is -2.34. The monoisotopic (exact) mass is 359 g/mol. The standard InChI is InChI=1S/C18H22N4O2S/c1-12-5-4-8-21(10-12)15(13-6-3-7-14(9-13)24-2)16-17(23)22-18(25-16)19-11-20-22/h3,6-7,9,11-12,15,23H,4-5,8,10H2,1-2H3/p+1/t12-,15+/m1/s1. The van der Waals surface area contributed by atoms with Crippen molar-refractivity contribution in [3.8, 4) is 11.6 Å². The van der Waals surface area contributed by atoms with Crippen LogP contribution < -0.4 is 9.64 Å². The Morgan fingerprint density at radius 2 is 2.32 bits per heavy atom. The highest BCUT2D eigenvalue weighted by Gasteiger charge is 2.35. The number of ether oxygens (including phenoxy) is 1. The molecule has 1 saturated heterocycles. The summed E-state index contributed by atoms with van der Waals surface area (Å²) in [5, 5.41) is 14.9. The number of aromatic hydroxyl groups is 1. The van der Waals surface area contributed by atoms with Crippen LogP contribution in [0.15, 0.2) is 30.6 Å². The van der Waals surface area contributed by atoms with Crippen molar-refractivity contribution in [2.24, 2.45) is 5.92 Å². The summed E-state index contributed by atoms with van der Waals surface area (Å²) in [6, 6.07) is 8.23. The van der Waals surface area contributed by atoms with E-state index in [-0.39, 0.29) is 11.9 Å². The second-order valence-corrected chi connectivity index (χ2v) is 7.82. The molecule has 0 aliphatic carbocycles. The lowest BCUT2D eigenvalue weighted by atomic mass is 9.95. The first-order valence-electron chi connectivity index (χ1n) is 8.67. The first kappa shape index (κ1) is 16.4. The van der Waals surface area contributed by atoms with Crippen molar-refractivity contribution in [2.45, 2.75) is 25.8 Å². The molecule has 7 heteroatoms. The van der Waals surface area contributed by atoms with Gasteiger partial charge in [-0.25, -0.2) is 4.98 Å². The predicted molar refractivity (Wildman–Crippen MR) is 96.5 cm³/mol. The van der Waals surface area contributed by atoms with Crippen LogP contribution in [0.3, 0.4) is 0 Å². The number of hydrogen-bond donors (Lipinski definition) is 2. The minimum atomic E-state index is 0.0614. The molecule has 1 aliphatic heterocycles. The van der Waals surface area contributed by atoms with Crippen LogP contribution in [0.25, 0.3) is 4.96 Å². The van der Waals surface area contributed by atoms with Gasteiger partial charge in [-0.2, -0.15) is 9.61 Å². The lowest BCUT2D eigenvalue weighted by Crippen LogP contribution is -3.13. The molecule has 0 amide bonds. The van der Waals surface area contributed by atoms with Gasteiger partial charge in [-0.05, 0) is 25.0 Å². The molecule has 1 unspecified atom stereocenters. The Balaban J connectivity index is 1.82. The summed E-state index contributed by atoms with van der Waals surface area (Å²) in [7, 11) is 1.69. The van der Waals surface area contributed by atoms with E-state index in [0.717, 1.165) is 34.2 Å². The fourth-order valence-electron chi connectivity index (χ4n) is 3.87. The van der Waals surface area contributed by atoms with Gasteiger partial charge < -0.3 is 14.7 Å². The number of quaternary nitrogens is 1. The molecule has 3 atom stereocenters. The van der Waals surface area contributed by atoms with Gasteiger partial charge in [-0.15, -0.1) is 0 Å². The number of nitrogens with one attached hydrogen (secondary N) is 1. The Morgan fingerprint density at radius 1 is 1.44 bits per heavy atom. The second kappa shape index (κ2) is 6.65. The van der Waals surface area contributed by atoms with Gasteiger partial charge in [-0.1, -0.05) is 30.4 Å². The molecule has 0 bridgehead atoms. The normalized spacial score (nSPS) is 22.2. The van der Waals surface area contributed by atoms with Gasteiger partial charge in [0.2, 0.25) is 10.8 Å². The van der Waals surface area contributed by atoms with Crippen molar-refractivity contribution >= 4 is 16.3 Å². The van der Waals surface area contributed by atoms with Crippen molar-refractivity contribution in [3.05, 3.63) is 41.0 Å². The third-order valence-corrected chi connectivity index (χ3v) is 6.14. The molecule has 3 aromatic rings. The first-order chi connectivity index (χ1) is 12.2.